The Morgan fingerprint density at radius 2 is 2.00 bits per heavy atom. The fourth-order valence-electron chi connectivity index (χ4n) is 1.53. The molecule has 0 bridgehead atoms. The van der Waals surface area contributed by atoms with Gasteiger partial charge in [0.1, 0.15) is 5.75 Å². The minimum Gasteiger partial charge on any atom is -0.508 e. The van der Waals surface area contributed by atoms with E-state index in [2.05, 4.69) is 28.8 Å². The number of hydrogen-bond donors (Lipinski definition) is 1. The van der Waals surface area contributed by atoms with Crippen LogP contribution in [-0.4, -0.2) is 9.67 Å². The van der Waals surface area contributed by atoms with Crippen molar-refractivity contribution in [2.24, 2.45) is 4.99 Å². The summed E-state index contributed by atoms with van der Waals surface area (Å²) in [5.41, 5.74) is 2.09. The highest BCUT2D eigenvalue weighted by molar-refractivity contribution is 7.07. The number of phenolic OH excluding ortho intramolecular Hbond substituents is 1. The van der Waals surface area contributed by atoms with Crippen LogP contribution < -0.4 is 4.80 Å². The summed E-state index contributed by atoms with van der Waals surface area (Å²) >= 11 is 1.63. The van der Waals surface area contributed by atoms with Crippen LogP contribution in [0.25, 0.3) is 0 Å². The van der Waals surface area contributed by atoms with Gasteiger partial charge in [-0.2, -0.15) is 0 Å². The first kappa shape index (κ1) is 11.0. The van der Waals surface area contributed by atoms with Crippen molar-refractivity contribution in [2.75, 3.05) is 0 Å². The molecule has 0 saturated heterocycles. The Hall–Kier alpha value is -1.55. The van der Waals surface area contributed by atoms with E-state index in [4.69, 9.17) is 0 Å². The van der Waals surface area contributed by atoms with E-state index < -0.39 is 0 Å². The number of benzene rings is 1. The van der Waals surface area contributed by atoms with Crippen molar-refractivity contribution in [1.29, 1.82) is 0 Å². The third-order valence-corrected chi connectivity index (χ3v) is 3.36. The van der Waals surface area contributed by atoms with E-state index in [-0.39, 0.29) is 5.75 Å². The minimum absolute atomic E-state index is 0.268. The molecule has 0 aliphatic carbocycles. The molecule has 0 aliphatic heterocycles. The van der Waals surface area contributed by atoms with Gasteiger partial charge in [0.15, 0.2) is 4.80 Å². The summed E-state index contributed by atoms with van der Waals surface area (Å²) in [6.45, 7) is 5.11. The monoisotopic (exact) mass is 234 g/mol. The highest BCUT2D eigenvalue weighted by Gasteiger charge is 1.98. The second-order valence-electron chi connectivity index (χ2n) is 3.53. The number of rotatable bonds is 2. The Labute approximate surface area is 98.3 Å². The summed E-state index contributed by atoms with van der Waals surface area (Å²) in [6, 6.07) is 6.92. The van der Waals surface area contributed by atoms with Crippen LogP contribution in [0.3, 0.4) is 0 Å². The maximum Gasteiger partial charge on any atom is 0.190 e. The molecule has 0 amide bonds. The second-order valence-corrected chi connectivity index (χ2v) is 4.37. The van der Waals surface area contributed by atoms with Crippen LogP contribution in [0.4, 0.5) is 5.69 Å². The van der Waals surface area contributed by atoms with E-state index in [0.29, 0.717) is 0 Å². The van der Waals surface area contributed by atoms with Crippen LogP contribution in [0.2, 0.25) is 0 Å². The zero-order valence-corrected chi connectivity index (χ0v) is 10.2. The van der Waals surface area contributed by atoms with E-state index in [1.54, 1.807) is 23.5 Å². The molecular formula is C12H14N2OS. The summed E-state index contributed by atoms with van der Waals surface area (Å²) in [5, 5.41) is 11.3. The van der Waals surface area contributed by atoms with Gasteiger partial charge in [0, 0.05) is 17.6 Å². The molecule has 3 nitrogen and oxygen atoms in total. The summed E-state index contributed by atoms with van der Waals surface area (Å²) in [5.74, 6) is 0.268. The third kappa shape index (κ3) is 2.17. The lowest BCUT2D eigenvalue weighted by Crippen LogP contribution is -2.14. The molecule has 0 fully saturated rings. The highest BCUT2D eigenvalue weighted by Crippen LogP contribution is 2.16. The van der Waals surface area contributed by atoms with Crippen LogP contribution in [-0.2, 0) is 6.54 Å². The van der Waals surface area contributed by atoms with Gasteiger partial charge in [-0.15, -0.1) is 11.3 Å². The first-order valence-corrected chi connectivity index (χ1v) is 6.07. The summed E-state index contributed by atoms with van der Waals surface area (Å²) in [6.07, 6.45) is 0. The van der Waals surface area contributed by atoms with Crippen molar-refractivity contribution in [3.05, 3.63) is 40.1 Å². The Morgan fingerprint density at radius 3 is 2.62 bits per heavy atom. The van der Waals surface area contributed by atoms with E-state index in [1.165, 1.54) is 5.69 Å². The molecule has 0 saturated carbocycles. The molecule has 0 unspecified atom stereocenters. The Balaban J connectivity index is 2.47. The molecule has 1 N–H and O–H groups in total. The SMILES string of the molecule is CCn1c(C)csc1=Nc1ccc(O)cc1. The summed E-state index contributed by atoms with van der Waals surface area (Å²) in [4.78, 5) is 5.54. The number of aryl methyl sites for hydroxylation is 1. The van der Waals surface area contributed by atoms with Gasteiger partial charge in [0.2, 0.25) is 0 Å². The molecule has 1 heterocycles. The molecule has 0 atom stereocenters. The molecule has 0 spiro atoms. The van der Waals surface area contributed by atoms with E-state index >= 15 is 0 Å². The number of phenols is 1. The number of aromatic hydroxyl groups is 1. The van der Waals surface area contributed by atoms with E-state index in [1.807, 2.05) is 12.1 Å². The van der Waals surface area contributed by atoms with Crippen LogP contribution in [0.15, 0.2) is 34.6 Å². The summed E-state index contributed by atoms with van der Waals surface area (Å²) in [7, 11) is 0. The molecule has 4 heteroatoms. The highest BCUT2D eigenvalue weighted by atomic mass is 32.1. The predicted octanol–water partition coefficient (Wildman–Crippen LogP) is 2.82. The molecule has 2 aromatic rings. The number of nitrogens with zero attached hydrogens (tertiary/aromatic N) is 2. The van der Waals surface area contributed by atoms with Gasteiger partial charge in [-0.1, -0.05) is 0 Å². The fourth-order valence-corrected chi connectivity index (χ4v) is 2.49. The maximum absolute atomic E-state index is 9.18. The van der Waals surface area contributed by atoms with E-state index in [0.717, 1.165) is 17.0 Å². The quantitative estimate of drug-likeness (QED) is 0.852. The average Bonchev–Trinajstić information content (AvgIpc) is 2.63. The molecule has 1 aromatic carbocycles. The molecule has 0 radical (unpaired) electrons. The van der Waals surface area contributed by atoms with Crippen LogP contribution in [0, 0.1) is 6.92 Å². The van der Waals surface area contributed by atoms with Gasteiger partial charge < -0.3 is 9.67 Å². The van der Waals surface area contributed by atoms with Crippen molar-refractivity contribution in [3.8, 4) is 5.75 Å². The number of hydrogen-bond acceptors (Lipinski definition) is 3. The van der Waals surface area contributed by atoms with Crippen molar-refractivity contribution in [1.82, 2.24) is 4.57 Å². The molecular weight excluding hydrogens is 220 g/mol. The Morgan fingerprint density at radius 1 is 1.31 bits per heavy atom. The standard InChI is InChI=1S/C12H14N2OS/c1-3-14-9(2)8-16-12(14)13-10-4-6-11(15)7-5-10/h4-8,15H,3H2,1-2H3. The van der Waals surface area contributed by atoms with Crippen molar-refractivity contribution < 1.29 is 5.11 Å². The molecule has 1 aromatic heterocycles. The van der Waals surface area contributed by atoms with Crippen LogP contribution >= 0.6 is 11.3 Å². The lowest BCUT2D eigenvalue weighted by Gasteiger charge is -2.00. The van der Waals surface area contributed by atoms with Crippen molar-refractivity contribution in [3.63, 3.8) is 0 Å². The van der Waals surface area contributed by atoms with Gasteiger partial charge >= 0.3 is 0 Å². The van der Waals surface area contributed by atoms with Crippen LogP contribution in [0.1, 0.15) is 12.6 Å². The molecule has 2 rings (SSSR count). The topological polar surface area (TPSA) is 37.5 Å². The third-order valence-electron chi connectivity index (χ3n) is 2.38. The first-order valence-electron chi connectivity index (χ1n) is 5.19. The number of aromatic nitrogens is 1. The first-order chi connectivity index (χ1) is 7.70. The van der Waals surface area contributed by atoms with Gasteiger partial charge in [-0.25, -0.2) is 4.99 Å². The second kappa shape index (κ2) is 4.53. The average molecular weight is 234 g/mol. The lowest BCUT2D eigenvalue weighted by molar-refractivity contribution is 0.475. The largest absolute Gasteiger partial charge is 0.508 e. The number of thiazole rings is 1. The zero-order valence-electron chi connectivity index (χ0n) is 9.34. The van der Waals surface area contributed by atoms with Crippen molar-refractivity contribution >= 4 is 17.0 Å². The normalized spacial score (nSPS) is 12.0. The van der Waals surface area contributed by atoms with E-state index in [9.17, 15) is 5.11 Å². The van der Waals surface area contributed by atoms with Gasteiger partial charge in [0.05, 0.1) is 5.69 Å². The van der Waals surface area contributed by atoms with Gasteiger partial charge in [0.25, 0.3) is 0 Å². The molecule has 16 heavy (non-hydrogen) atoms. The smallest absolute Gasteiger partial charge is 0.190 e. The molecule has 0 aliphatic rings. The Kier molecular flexibility index (Phi) is 3.10. The Bertz CT molecular complexity index is 537. The zero-order chi connectivity index (χ0) is 11.5. The molecule has 84 valence electrons. The van der Waals surface area contributed by atoms with Crippen LogP contribution in [0.5, 0.6) is 5.75 Å². The lowest BCUT2D eigenvalue weighted by atomic mass is 10.3. The van der Waals surface area contributed by atoms with Gasteiger partial charge in [-0.3, -0.25) is 0 Å². The predicted molar refractivity (Wildman–Crippen MR) is 66.0 cm³/mol. The summed E-state index contributed by atoms with van der Waals surface area (Å²) < 4.78 is 2.16. The minimum atomic E-state index is 0.268. The van der Waals surface area contributed by atoms with Crippen molar-refractivity contribution in [2.45, 2.75) is 20.4 Å². The fraction of sp³-hybridized carbons (Fsp3) is 0.250. The maximum atomic E-state index is 9.18. The van der Waals surface area contributed by atoms with Gasteiger partial charge in [-0.05, 0) is 38.1 Å².